The van der Waals surface area contributed by atoms with Crippen LogP contribution in [0.5, 0.6) is 0 Å². The molecule has 16 heavy (non-hydrogen) atoms. The van der Waals surface area contributed by atoms with E-state index in [9.17, 15) is 8.42 Å². The van der Waals surface area contributed by atoms with E-state index in [1.165, 1.54) is 11.0 Å². The Kier molecular flexibility index (Phi) is 2.76. The summed E-state index contributed by atoms with van der Waals surface area (Å²) in [4.78, 5) is 0. The number of hydrogen-bond donors (Lipinski definition) is 1. The van der Waals surface area contributed by atoms with Crippen molar-refractivity contribution in [2.75, 3.05) is 5.32 Å². The summed E-state index contributed by atoms with van der Waals surface area (Å²) in [7, 11) is -3.05. The molecule has 1 aliphatic rings. The van der Waals surface area contributed by atoms with Crippen LogP contribution < -0.4 is 5.32 Å². The van der Waals surface area contributed by atoms with Crippen molar-refractivity contribution in [1.82, 2.24) is 0 Å². The van der Waals surface area contributed by atoms with Crippen molar-refractivity contribution in [1.29, 1.82) is 0 Å². The van der Waals surface area contributed by atoms with Crippen molar-refractivity contribution in [3.63, 3.8) is 0 Å². The molecule has 0 fully saturated rings. The van der Waals surface area contributed by atoms with Crippen molar-refractivity contribution in [3.8, 4) is 0 Å². The Morgan fingerprint density at radius 3 is 2.31 bits per heavy atom. The van der Waals surface area contributed by atoms with Crippen LogP contribution in [0.1, 0.15) is 12.5 Å². The average molecular weight is 237 g/mol. The van der Waals surface area contributed by atoms with Gasteiger partial charge in [-0.1, -0.05) is 17.7 Å². The highest BCUT2D eigenvalue weighted by Gasteiger charge is 2.31. The van der Waals surface area contributed by atoms with E-state index in [1.54, 1.807) is 13.0 Å². The third kappa shape index (κ3) is 2.11. The number of benzene rings is 1. The lowest BCUT2D eigenvalue weighted by Crippen LogP contribution is -2.30. The number of sulfone groups is 1. The van der Waals surface area contributed by atoms with Crippen molar-refractivity contribution in [2.45, 2.75) is 25.1 Å². The Morgan fingerprint density at radius 1 is 1.19 bits per heavy atom. The summed E-state index contributed by atoms with van der Waals surface area (Å²) in [6.45, 7) is 3.74. The molecule has 0 unspecified atom stereocenters. The summed E-state index contributed by atoms with van der Waals surface area (Å²) < 4.78 is 23.0. The molecular weight excluding hydrogens is 222 g/mol. The zero-order chi connectivity index (χ0) is 11.8. The maximum atomic E-state index is 11.5. The van der Waals surface area contributed by atoms with Gasteiger partial charge in [0, 0.05) is 11.1 Å². The zero-order valence-corrected chi connectivity index (χ0v) is 10.2. The molecule has 4 heteroatoms. The predicted molar refractivity (Wildman–Crippen MR) is 66.1 cm³/mol. The molecular formula is C12H15NO2S. The second-order valence-electron chi connectivity index (χ2n) is 4.16. The van der Waals surface area contributed by atoms with E-state index in [1.807, 2.05) is 31.2 Å². The molecule has 0 aromatic heterocycles. The van der Waals surface area contributed by atoms with Gasteiger partial charge in [0.2, 0.25) is 0 Å². The van der Waals surface area contributed by atoms with Gasteiger partial charge in [0.25, 0.3) is 0 Å². The first-order valence-corrected chi connectivity index (χ1v) is 6.85. The maximum absolute atomic E-state index is 11.5. The normalized spacial score (nSPS) is 26.9. The van der Waals surface area contributed by atoms with Gasteiger partial charge in [-0.15, -0.1) is 0 Å². The fourth-order valence-corrected chi connectivity index (χ4v) is 2.89. The van der Waals surface area contributed by atoms with E-state index in [0.29, 0.717) is 0 Å². The van der Waals surface area contributed by atoms with E-state index in [0.717, 1.165) is 5.69 Å². The Balaban J connectivity index is 2.13. The van der Waals surface area contributed by atoms with Crippen LogP contribution in [0.4, 0.5) is 5.69 Å². The summed E-state index contributed by atoms with van der Waals surface area (Å²) in [5.41, 5.74) is 2.14. The molecule has 0 bridgehead atoms. The van der Waals surface area contributed by atoms with Crippen LogP contribution >= 0.6 is 0 Å². The second-order valence-corrected chi connectivity index (χ2v) is 6.35. The first-order chi connectivity index (χ1) is 7.49. The van der Waals surface area contributed by atoms with E-state index >= 15 is 0 Å². The minimum Gasteiger partial charge on any atom is -0.377 e. The number of rotatable bonds is 2. The number of nitrogens with one attached hydrogen (secondary N) is 1. The van der Waals surface area contributed by atoms with Crippen LogP contribution in [0.3, 0.4) is 0 Å². The summed E-state index contributed by atoms with van der Waals surface area (Å²) in [5, 5.41) is 4.11. The lowest BCUT2D eigenvalue weighted by Gasteiger charge is -2.17. The van der Waals surface area contributed by atoms with Crippen LogP contribution in [0.15, 0.2) is 35.7 Å². The maximum Gasteiger partial charge on any atom is 0.176 e. The molecule has 2 atom stereocenters. The van der Waals surface area contributed by atoms with Gasteiger partial charge in [0.05, 0.1) is 11.3 Å². The molecule has 0 saturated heterocycles. The highest BCUT2D eigenvalue weighted by molar-refractivity contribution is 7.95. The van der Waals surface area contributed by atoms with Gasteiger partial charge in [-0.2, -0.15) is 0 Å². The topological polar surface area (TPSA) is 46.2 Å². The smallest absolute Gasteiger partial charge is 0.176 e. The van der Waals surface area contributed by atoms with E-state index in [4.69, 9.17) is 0 Å². The summed E-state index contributed by atoms with van der Waals surface area (Å²) >= 11 is 0. The van der Waals surface area contributed by atoms with Crippen LogP contribution in [-0.4, -0.2) is 19.7 Å². The Labute approximate surface area is 96.1 Å². The van der Waals surface area contributed by atoms with Crippen molar-refractivity contribution in [2.24, 2.45) is 0 Å². The summed E-state index contributed by atoms with van der Waals surface area (Å²) in [6, 6.07) is 7.79. The second kappa shape index (κ2) is 3.94. The van der Waals surface area contributed by atoms with Gasteiger partial charge in [-0.25, -0.2) is 8.42 Å². The number of aryl methyl sites for hydroxylation is 1. The molecule has 2 rings (SSSR count). The summed E-state index contributed by atoms with van der Waals surface area (Å²) in [6.07, 6.45) is 1.71. The van der Waals surface area contributed by atoms with Gasteiger partial charge < -0.3 is 5.32 Å². The fraction of sp³-hybridized carbons (Fsp3) is 0.333. The highest BCUT2D eigenvalue weighted by Crippen LogP contribution is 2.21. The van der Waals surface area contributed by atoms with Crippen molar-refractivity contribution in [3.05, 3.63) is 41.3 Å². The molecule has 86 valence electrons. The first-order valence-electron chi connectivity index (χ1n) is 5.24. The quantitative estimate of drug-likeness (QED) is 0.857. The minimum absolute atomic E-state index is 0.132. The standard InChI is InChI=1S/C12H15NO2S/c1-9-3-5-11(6-4-9)13-12-7-8-16(14,15)10(12)2/h3-8,10,12-13H,1-2H3/t10-,12+/m0/s1. The average Bonchev–Trinajstić information content (AvgIpc) is 2.49. The van der Waals surface area contributed by atoms with E-state index < -0.39 is 15.1 Å². The van der Waals surface area contributed by atoms with Gasteiger partial charge in [-0.3, -0.25) is 0 Å². The zero-order valence-electron chi connectivity index (χ0n) is 9.34. The third-order valence-corrected chi connectivity index (χ3v) is 4.75. The molecule has 0 aliphatic carbocycles. The Bertz CT molecular complexity index is 502. The molecule has 1 aromatic carbocycles. The molecule has 3 nitrogen and oxygen atoms in total. The monoisotopic (exact) mass is 237 g/mol. The lowest BCUT2D eigenvalue weighted by atomic mass is 10.2. The molecule has 1 aliphatic heterocycles. The first kappa shape index (κ1) is 11.2. The third-order valence-electron chi connectivity index (χ3n) is 2.88. The molecule has 0 spiro atoms. The van der Waals surface area contributed by atoms with Gasteiger partial charge in [0.15, 0.2) is 9.84 Å². The van der Waals surface area contributed by atoms with E-state index in [-0.39, 0.29) is 6.04 Å². The highest BCUT2D eigenvalue weighted by atomic mass is 32.2. The van der Waals surface area contributed by atoms with Gasteiger partial charge >= 0.3 is 0 Å². The predicted octanol–water partition coefficient (Wildman–Crippen LogP) is 2.11. The van der Waals surface area contributed by atoms with Crippen LogP contribution in [0, 0.1) is 6.92 Å². The van der Waals surface area contributed by atoms with Crippen LogP contribution in [-0.2, 0) is 9.84 Å². The molecule has 0 radical (unpaired) electrons. The van der Waals surface area contributed by atoms with E-state index in [2.05, 4.69) is 5.32 Å². The summed E-state index contributed by atoms with van der Waals surface area (Å²) in [5.74, 6) is 0. The Hall–Kier alpha value is -1.29. The fourth-order valence-electron chi connectivity index (χ4n) is 1.69. The molecule has 1 N–H and O–H groups in total. The van der Waals surface area contributed by atoms with Gasteiger partial charge in [-0.05, 0) is 32.1 Å². The SMILES string of the molecule is Cc1ccc(N[C@@H]2C=CS(=O)(=O)[C@H]2C)cc1. The molecule has 0 saturated carbocycles. The van der Waals surface area contributed by atoms with Crippen molar-refractivity contribution >= 4 is 15.5 Å². The van der Waals surface area contributed by atoms with Crippen molar-refractivity contribution < 1.29 is 8.42 Å². The van der Waals surface area contributed by atoms with Crippen LogP contribution in [0.2, 0.25) is 0 Å². The number of anilines is 1. The molecule has 1 aromatic rings. The number of hydrogen-bond acceptors (Lipinski definition) is 3. The van der Waals surface area contributed by atoms with Crippen LogP contribution in [0.25, 0.3) is 0 Å². The molecule has 0 amide bonds. The Morgan fingerprint density at radius 2 is 1.81 bits per heavy atom. The molecule has 1 heterocycles. The largest absolute Gasteiger partial charge is 0.377 e. The lowest BCUT2D eigenvalue weighted by molar-refractivity contribution is 0.593. The minimum atomic E-state index is -3.05. The van der Waals surface area contributed by atoms with Gasteiger partial charge in [0.1, 0.15) is 0 Å².